The van der Waals surface area contributed by atoms with Gasteiger partial charge in [-0.3, -0.25) is 0 Å². The smallest absolute Gasteiger partial charge is 0.141 e. The largest absolute Gasteiger partial charge is 0.387 e. The van der Waals surface area contributed by atoms with Gasteiger partial charge in [-0.1, -0.05) is 17.7 Å². The van der Waals surface area contributed by atoms with Crippen LogP contribution >= 0.6 is 38.9 Å². The van der Waals surface area contributed by atoms with Gasteiger partial charge in [0, 0.05) is 11.3 Å². The van der Waals surface area contributed by atoms with Gasteiger partial charge in [-0.15, -0.1) is 11.3 Å². The van der Waals surface area contributed by atoms with E-state index in [4.69, 9.17) is 11.6 Å². The molecule has 0 bridgehead atoms. The molecular formula is C12H9BrClFOS. The molecule has 0 saturated carbocycles. The van der Waals surface area contributed by atoms with Crippen molar-refractivity contribution in [3.05, 3.63) is 55.4 Å². The van der Waals surface area contributed by atoms with Crippen molar-refractivity contribution >= 4 is 38.9 Å². The summed E-state index contributed by atoms with van der Waals surface area (Å²) in [7, 11) is 0. The van der Waals surface area contributed by atoms with Crippen LogP contribution in [0.2, 0.25) is 5.02 Å². The lowest BCUT2D eigenvalue weighted by molar-refractivity contribution is 0.182. The summed E-state index contributed by atoms with van der Waals surface area (Å²) in [6.45, 7) is 0. The maximum atomic E-state index is 13.0. The average molecular weight is 336 g/mol. The second-order valence-electron chi connectivity index (χ2n) is 3.61. The quantitative estimate of drug-likeness (QED) is 0.870. The van der Waals surface area contributed by atoms with E-state index in [1.54, 1.807) is 12.1 Å². The van der Waals surface area contributed by atoms with Crippen LogP contribution < -0.4 is 0 Å². The number of thiophene rings is 1. The minimum absolute atomic E-state index is 0.0852. The summed E-state index contributed by atoms with van der Waals surface area (Å²) in [4.78, 5) is 0.873. The zero-order chi connectivity index (χ0) is 12.4. The van der Waals surface area contributed by atoms with Gasteiger partial charge in [0.1, 0.15) is 5.82 Å². The fourth-order valence-electron chi connectivity index (χ4n) is 1.50. The zero-order valence-corrected chi connectivity index (χ0v) is 11.8. The number of benzene rings is 1. The zero-order valence-electron chi connectivity index (χ0n) is 8.66. The Balaban J connectivity index is 2.12. The Hall–Kier alpha value is -0.420. The van der Waals surface area contributed by atoms with Crippen LogP contribution in [0.5, 0.6) is 0 Å². The normalized spacial score (nSPS) is 12.7. The van der Waals surface area contributed by atoms with Crippen molar-refractivity contribution in [1.82, 2.24) is 0 Å². The molecule has 0 amide bonds. The summed E-state index contributed by atoms with van der Waals surface area (Å²) in [5.41, 5.74) is 0.813. The van der Waals surface area contributed by atoms with Crippen LogP contribution in [0.15, 0.2) is 34.1 Å². The van der Waals surface area contributed by atoms with Crippen molar-refractivity contribution in [2.75, 3.05) is 0 Å². The summed E-state index contributed by atoms with van der Waals surface area (Å²) in [6, 6.07) is 8.25. The van der Waals surface area contributed by atoms with E-state index in [9.17, 15) is 9.50 Å². The first-order chi connectivity index (χ1) is 8.06. The second-order valence-corrected chi connectivity index (χ2v) is 6.51. The van der Waals surface area contributed by atoms with Gasteiger partial charge >= 0.3 is 0 Å². The first-order valence-electron chi connectivity index (χ1n) is 4.93. The van der Waals surface area contributed by atoms with Crippen molar-refractivity contribution in [3.63, 3.8) is 0 Å². The molecule has 2 rings (SSSR count). The van der Waals surface area contributed by atoms with Crippen molar-refractivity contribution in [3.8, 4) is 0 Å². The number of halogens is 3. The fourth-order valence-corrected chi connectivity index (χ4v) is 3.11. The van der Waals surface area contributed by atoms with Gasteiger partial charge < -0.3 is 5.11 Å². The van der Waals surface area contributed by atoms with E-state index in [2.05, 4.69) is 15.9 Å². The Morgan fingerprint density at radius 3 is 2.71 bits per heavy atom. The Morgan fingerprint density at radius 1 is 1.35 bits per heavy atom. The molecule has 0 radical (unpaired) electrons. The predicted molar refractivity (Wildman–Crippen MR) is 72.1 cm³/mol. The molecule has 1 atom stereocenters. The molecule has 1 aromatic heterocycles. The molecule has 0 spiro atoms. The molecule has 5 heteroatoms. The monoisotopic (exact) mass is 334 g/mol. The van der Waals surface area contributed by atoms with Gasteiger partial charge in [0.25, 0.3) is 0 Å². The number of hydrogen-bond acceptors (Lipinski definition) is 2. The van der Waals surface area contributed by atoms with E-state index in [0.29, 0.717) is 6.42 Å². The predicted octanol–water partition coefficient (Wildman–Crippen LogP) is 4.58. The Morgan fingerprint density at radius 2 is 2.12 bits per heavy atom. The molecule has 90 valence electrons. The maximum Gasteiger partial charge on any atom is 0.141 e. The summed E-state index contributed by atoms with van der Waals surface area (Å²) in [5, 5.41) is 10.1. The van der Waals surface area contributed by atoms with Crippen LogP contribution in [0.1, 0.15) is 16.5 Å². The Bertz CT molecular complexity index is 529. The molecule has 0 aliphatic rings. The number of aliphatic hydroxyl groups is 1. The van der Waals surface area contributed by atoms with Crippen LogP contribution in [0, 0.1) is 5.82 Å². The highest BCUT2D eigenvalue weighted by Gasteiger charge is 2.12. The Labute approximate surface area is 116 Å². The maximum absolute atomic E-state index is 13.0. The lowest BCUT2D eigenvalue weighted by Crippen LogP contribution is -1.99. The highest BCUT2D eigenvalue weighted by molar-refractivity contribution is 9.11. The van der Waals surface area contributed by atoms with E-state index in [0.717, 1.165) is 14.2 Å². The molecule has 0 saturated heterocycles. The van der Waals surface area contributed by atoms with E-state index >= 15 is 0 Å². The first-order valence-corrected chi connectivity index (χ1v) is 6.92. The molecule has 1 unspecified atom stereocenters. The SMILES string of the molecule is OC(Cc1ccc(F)c(Cl)c1)c1ccc(Br)s1. The molecule has 0 aliphatic heterocycles. The minimum atomic E-state index is -0.590. The third kappa shape index (κ3) is 3.28. The number of aliphatic hydroxyl groups excluding tert-OH is 1. The molecule has 1 nitrogen and oxygen atoms in total. The number of rotatable bonds is 3. The van der Waals surface area contributed by atoms with Crippen LogP contribution in [0.4, 0.5) is 4.39 Å². The van der Waals surface area contributed by atoms with E-state index in [1.807, 2.05) is 12.1 Å². The summed E-state index contributed by atoms with van der Waals surface area (Å²) in [6.07, 6.45) is -0.166. The van der Waals surface area contributed by atoms with Crippen LogP contribution in [-0.4, -0.2) is 5.11 Å². The topological polar surface area (TPSA) is 20.2 Å². The lowest BCUT2D eigenvalue weighted by Gasteiger charge is -2.08. The van der Waals surface area contributed by atoms with E-state index in [1.165, 1.54) is 17.4 Å². The van der Waals surface area contributed by atoms with E-state index < -0.39 is 11.9 Å². The van der Waals surface area contributed by atoms with Crippen molar-refractivity contribution in [2.24, 2.45) is 0 Å². The van der Waals surface area contributed by atoms with Gasteiger partial charge in [-0.05, 0) is 45.8 Å². The van der Waals surface area contributed by atoms with Gasteiger partial charge in [-0.2, -0.15) is 0 Å². The van der Waals surface area contributed by atoms with Gasteiger partial charge in [0.2, 0.25) is 0 Å². The molecule has 1 aromatic carbocycles. The van der Waals surface area contributed by atoms with Crippen LogP contribution in [0.25, 0.3) is 0 Å². The highest BCUT2D eigenvalue weighted by atomic mass is 79.9. The van der Waals surface area contributed by atoms with Gasteiger partial charge in [-0.25, -0.2) is 4.39 Å². The fraction of sp³-hybridized carbons (Fsp3) is 0.167. The lowest BCUT2D eigenvalue weighted by atomic mass is 10.1. The van der Waals surface area contributed by atoms with E-state index in [-0.39, 0.29) is 5.02 Å². The molecule has 0 fully saturated rings. The minimum Gasteiger partial charge on any atom is -0.387 e. The number of hydrogen-bond donors (Lipinski definition) is 1. The van der Waals surface area contributed by atoms with Crippen LogP contribution in [0.3, 0.4) is 0 Å². The molecule has 1 N–H and O–H groups in total. The summed E-state index contributed by atoms with van der Waals surface area (Å²) in [5.74, 6) is -0.441. The third-order valence-electron chi connectivity index (χ3n) is 2.34. The van der Waals surface area contributed by atoms with Crippen molar-refractivity contribution < 1.29 is 9.50 Å². The van der Waals surface area contributed by atoms with Gasteiger partial charge in [0.15, 0.2) is 0 Å². The molecule has 1 heterocycles. The average Bonchev–Trinajstić information content (AvgIpc) is 2.70. The highest BCUT2D eigenvalue weighted by Crippen LogP contribution is 2.29. The standard InChI is InChI=1S/C12H9BrClFOS/c13-12-4-3-11(17-12)10(16)6-7-1-2-9(15)8(14)5-7/h1-5,10,16H,6H2. The summed E-state index contributed by atoms with van der Waals surface area (Å²) < 4.78 is 13.9. The summed E-state index contributed by atoms with van der Waals surface area (Å²) >= 11 is 10.5. The van der Waals surface area contributed by atoms with Gasteiger partial charge in [0.05, 0.1) is 14.9 Å². The molecule has 0 aliphatic carbocycles. The second kappa shape index (κ2) is 5.48. The third-order valence-corrected chi connectivity index (χ3v) is 4.35. The Kier molecular flexibility index (Phi) is 4.20. The molecular weight excluding hydrogens is 327 g/mol. The van der Waals surface area contributed by atoms with Crippen molar-refractivity contribution in [1.29, 1.82) is 0 Å². The first kappa shape index (κ1) is 13.0. The molecule has 17 heavy (non-hydrogen) atoms. The van der Waals surface area contributed by atoms with Crippen LogP contribution in [-0.2, 0) is 6.42 Å². The molecule has 2 aromatic rings. The van der Waals surface area contributed by atoms with Crippen molar-refractivity contribution in [2.45, 2.75) is 12.5 Å².